The average molecular weight is 288 g/mol. The van der Waals surface area contributed by atoms with E-state index in [-0.39, 0.29) is 0 Å². The monoisotopic (exact) mass is 288 g/mol. The largest absolute Gasteiger partial charge is 0.397 e. The second-order valence-corrected chi connectivity index (χ2v) is 6.28. The zero-order chi connectivity index (χ0) is 14.5. The first-order chi connectivity index (χ1) is 10.3. The second kappa shape index (κ2) is 7.14. The van der Waals surface area contributed by atoms with Crippen LogP contribution in [0.5, 0.6) is 0 Å². The van der Waals surface area contributed by atoms with E-state index in [1.54, 1.807) is 0 Å². The van der Waals surface area contributed by atoms with Gasteiger partial charge in [-0.05, 0) is 49.9 Å². The van der Waals surface area contributed by atoms with E-state index in [4.69, 9.17) is 5.73 Å². The lowest BCUT2D eigenvalue weighted by molar-refractivity contribution is 0.238. The van der Waals surface area contributed by atoms with Crippen LogP contribution >= 0.6 is 0 Å². The molecular formula is C17H28N4. The summed E-state index contributed by atoms with van der Waals surface area (Å²) in [6, 6.07) is 6.67. The molecule has 4 nitrogen and oxygen atoms in total. The van der Waals surface area contributed by atoms with E-state index in [0.29, 0.717) is 0 Å². The molecule has 3 rings (SSSR count). The molecule has 2 aliphatic heterocycles. The van der Waals surface area contributed by atoms with Gasteiger partial charge in [0.05, 0.1) is 11.4 Å². The summed E-state index contributed by atoms with van der Waals surface area (Å²) >= 11 is 0. The predicted molar refractivity (Wildman–Crippen MR) is 89.9 cm³/mol. The van der Waals surface area contributed by atoms with E-state index >= 15 is 0 Å². The highest BCUT2D eigenvalue weighted by atomic mass is 15.2. The summed E-state index contributed by atoms with van der Waals surface area (Å²) in [6.07, 6.45) is 4.95. The molecule has 3 N–H and O–H groups in total. The molecular weight excluding hydrogens is 260 g/mol. The lowest BCUT2D eigenvalue weighted by Crippen LogP contribution is -2.43. The average Bonchev–Trinajstić information content (AvgIpc) is 3.02. The predicted octanol–water partition coefficient (Wildman–Crippen LogP) is 1.71. The first-order valence-corrected chi connectivity index (χ1v) is 8.39. The summed E-state index contributed by atoms with van der Waals surface area (Å²) in [5, 5.41) is 3.40. The van der Waals surface area contributed by atoms with Crippen LogP contribution in [0.2, 0.25) is 0 Å². The van der Waals surface area contributed by atoms with Crippen LogP contribution in [-0.2, 0) is 6.42 Å². The number of nitrogens with one attached hydrogen (secondary N) is 1. The van der Waals surface area contributed by atoms with Crippen molar-refractivity contribution in [2.45, 2.75) is 25.7 Å². The molecule has 2 fully saturated rings. The molecule has 0 atom stereocenters. The van der Waals surface area contributed by atoms with E-state index in [1.807, 2.05) is 0 Å². The smallest absolute Gasteiger partial charge is 0.0600 e. The van der Waals surface area contributed by atoms with Gasteiger partial charge in [0, 0.05) is 39.3 Å². The molecule has 21 heavy (non-hydrogen) atoms. The minimum absolute atomic E-state index is 0.955. The van der Waals surface area contributed by atoms with E-state index in [2.05, 4.69) is 33.3 Å². The van der Waals surface area contributed by atoms with Gasteiger partial charge in [0.1, 0.15) is 0 Å². The third kappa shape index (κ3) is 3.89. The number of anilines is 2. The van der Waals surface area contributed by atoms with Crippen molar-refractivity contribution in [1.82, 2.24) is 10.2 Å². The van der Waals surface area contributed by atoms with Crippen LogP contribution < -0.4 is 16.0 Å². The number of aryl methyl sites for hydroxylation is 1. The number of rotatable bonds is 5. The zero-order valence-corrected chi connectivity index (χ0v) is 13.0. The maximum absolute atomic E-state index is 6.26. The van der Waals surface area contributed by atoms with Gasteiger partial charge in [0.2, 0.25) is 0 Å². The number of hydrogen-bond acceptors (Lipinski definition) is 4. The molecule has 2 heterocycles. The molecule has 0 radical (unpaired) electrons. The second-order valence-electron chi connectivity index (χ2n) is 6.28. The molecule has 0 amide bonds. The molecule has 1 aromatic rings. The Labute approximate surface area is 128 Å². The summed E-state index contributed by atoms with van der Waals surface area (Å²) in [4.78, 5) is 4.97. The molecule has 0 spiro atoms. The van der Waals surface area contributed by atoms with Gasteiger partial charge in [-0.1, -0.05) is 6.07 Å². The quantitative estimate of drug-likeness (QED) is 0.810. The van der Waals surface area contributed by atoms with Crippen LogP contribution in [0.1, 0.15) is 24.8 Å². The molecule has 2 saturated heterocycles. The first kappa shape index (κ1) is 14.7. The summed E-state index contributed by atoms with van der Waals surface area (Å²) in [7, 11) is 0. The fourth-order valence-corrected chi connectivity index (χ4v) is 3.45. The highest BCUT2D eigenvalue weighted by Crippen LogP contribution is 2.27. The van der Waals surface area contributed by atoms with Gasteiger partial charge in [-0.25, -0.2) is 0 Å². The van der Waals surface area contributed by atoms with Crippen molar-refractivity contribution < 1.29 is 0 Å². The van der Waals surface area contributed by atoms with E-state index in [1.165, 1.54) is 50.1 Å². The van der Waals surface area contributed by atoms with Crippen LogP contribution in [0, 0.1) is 0 Å². The third-order valence-electron chi connectivity index (χ3n) is 4.69. The fourth-order valence-electron chi connectivity index (χ4n) is 3.45. The van der Waals surface area contributed by atoms with Gasteiger partial charge in [-0.2, -0.15) is 0 Å². The first-order valence-electron chi connectivity index (χ1n) is 8.39. The van der Waals surface area contributed by atoms with Gasteiger partial charge in [-0.3, -0.25) is 0 Å². The van der Waals surface area contributed by atoms with Crippen LogP contribution in [0.15, 0.2) is 18.2 Å². The summed E-state index contributed by atoms with van der Waals surface area (Å²) in [5.74, 6) is 0. The molecule has 0 bridgehead atoms. The third-order valence-corrected chi connectivity index (χ3v) is 4.69. The highest BCUT2D eigenvalue weighted by Gasteiger charge is 2.15. The number of nitrogen functional groups attached to an aromatic ring is 1. The topological polar surface area (TPSA) is 44.5 Å². The van der Waals surface area contributed by atoms with Gasteiger partial charge >= 0.3 is 0 Å². The van der Waals surface area contributed by atoms with Crippen molar-refractivity contribution in [2.75, 3.05) is 56.4 Å². The summed E-state index contributed by atoms with van der Waals surface area (Å²) < 4.78 is 0. The van der Waals surface area contributed by atoms with Crippen LogP contribution in [0.3, 0.4) is 0 Å². The van der Waals surface area contributed by atoms with Crippen LogP contribution in [0.4, 0.5) is 11.4 Å². The standard InChI is InChI=1S/C17H28N4/c18-16-14-15(4-3-9-20-12-7-19-8-13-20)5-6-17(16)21-10-1-2-11-21/h5-6,14,19H,1-4,7-13,18H2. The Morgan fingerprint density at radius 2 is 1.81 bits per heavy atom. The molecule has 0 aromatic heterocycles. The number of hydrogen-bond donors (Lipinski definition) is 2. The Hall–Kier alpha value is -1.26. The Morgan fingerprint density at radius 1 is 1.05 bits per heavy atom. The Kier molecular flexibility index (Phi) is 4.99. The Balaban J connectivity index is 1.50. The lowest BCUT2D eigenvalue weighted by atomic mass is 10.1. The zero-order valence-electron chi connectivity index (χ0n) is 13.0. The van der Waals surface area contributed by atoms with E-state index in [9.17, 15) is 0 Å². The normalized spacial score (nSPS) is 20.1. The molecule has 0 saturated carbocycles. The molecule has 116 valence electrons. The maximum Gasteiger partial charge on any atom is 0.0600 e. The number of piperazine rings is 1. The number of benzene rings is 1. The van der Waals surface area contributed by atoms with Crippen LogP contribution in [0.25, 0.3) is 0 Å². The van der Waals surface area contributed by atoms with Crippen molar-refractivity contribution >= 4 is 11.4 Å². The minimum atomic E-state index is 0.955. The maximum atomic E-state index is 6.26. The van der Waals surface area contributed by atoms with Crippen molar-refractivity contribution in [3.8, 4) is 0 Å². The van der Waals surface area contributed by atoms with Gasteiger partial charge in [0.15, 0.2) is 0 Å². The van der Waals surface area contributed by atoms with Gasteiger partial charge in [-0.15, -0.1) is 0 Å². The number of nitrogens with two attached hydrogens (primary N) is 1. The van der Waals surface area contributed by atoms with E-state index < -0.39 is 0 Å². The van der Waals surface area contributed by atoms with Crippen molar-refractivity contribution in [2.24, 2.45) is 0 Å². The lowest BCUT2D eigenvalue weighted by Gasteiger charge is -2.27. The molecule has 0 aliphatic carbocycles. The molecule has 1 aromatic carbocycles. The SMILES string of the molecule is Nc1cc(CCCN2CCNCC2)ccc1N1CCCC1. The van der Waals surface area contributed by atoms with Gasteiger partial charge in [0.25, 0.3) is 0 Å². The van der Waals surface area contributed by atoms with Crippen molar-refractivity contribution in [1.29, 1.82) is 0 Å². The van der Waals surface area contributed by atoms with E-state index in [0.717, 1.165) is 38.3 Å². The summed E-state index contributed by atoms with van der Waals surface area (Å²) in [5.41, 5.74) is 9.83. The van der Waals surface area contributed by atoms with Crippen LogP contribution in [-0.4, -0.2) is 50.7 Å². The summed E-state index contributed by atoms with van der Waals surface area (Å²) in [6.45, 7) is 8.18. The number of nitrogens with zero attached hydrogens (tertiary/aromatic N) is 2. The van der Waals surface area contributed by atoms with Crippen molar-refractivity contribution in [3.63, 3.8) is 0 Å². The van der Waals surface area contributed by atoms with Gasteiger partial charge < -0.3 is 20.9 Å². The molecule has 2 aliphatic rings. The highest BCUT2D eigenvalue weighted by molar-refractivity contribution is 5.68. The fraction of sp³-hybridized carbons (Fsp3) is 0.647. The molecule has 4 heteroatoms. The Bertz CT molecular complexity index is 448. The minimum Gasteiger partial charge on any atom is -0.397 e. The molecule has 0 unspecified atom stereocenters. The Morgan fingerprint density at radius 3 is 2.52 bits per heavy atom. The van der Waals surface area contributed by atoms with Crippen molar-refractivity contribution in [3.05, 3.63) is 23.8 Å².